The summed E-state index contributed by atoms with van der Waals surface area (Å²) in [5, 5.41) is 3.45. The fourth-order valence-corrected chi connectivity index (χ4v) is 3.71. The van der Waals surface area contributed by atoms with Crippen molar-refractivity contribution < 1.29 is 14.3 Å². The summed E-state index contributed by atoms with van der Waals surface area (Å²) in [4.78, 5) is 29.9. The number of imidazole rings is 1. The van der Waals surface area contributed by atoms with E-state index in [0.717, 1.165) is 5.52 Å². The number of ether oxygens (including phenoxy) is 1. The second-order valence-corrected chi connectivity index (χ2v) is 6.95. The van der Waals surface area contributed by atoms with Gasteiger partial charge < -0.3 is 9.30 Å². The van der Waals surface area contributed by atoms with Gasteiger partial charge in [-0.3, -0.25) is 14.9 Å². The number of nitrogens with zero attached hydrogens (tertiary/aromatic N) is 2. The number of halogens is 2. The molecular formula is C19H15Cl2N3O3. The van der Waals surface area contributed by atoms with E-state index < -0.39 is 23.8 Å². The van der Waals surface area contributed by atoms with Crippen LogP contribution in [0.1, 0.15) is 18.5 Å². The minimum Gasteiger partial charge on any atom is -0.465 e. The predicted molar refractivity (Wildman–Crippen MR) is 103 cm³/mol. The van der Waals surface area contributed by atoms with Crippen molar-refractivity contribution in [1.29, 1.82) is 0 Å². The number of benzene rings is 2. The molecule has 1 aromatic heterocycles. The van der Waals surface area contributed by atoms with E-state index in [-0.39, 0.29) is 6.61 Å². The van der Waals surface area contributed by atoms with E-state index >= 15 is 0 Å². The molecule has 0 fully saturated rings. The van der Waals surface area contributed by atoms with Crippen LogP contribution in [0.15, 0.2) is 42.5 Å². The Labute approximate surface area is 165 Å². The Bertz CT molecular complexity index is 1060. The molecule has 1 N–H and O–H groups in total. The lowest BCUT2D eigenvalue weighted by molar-refractivity contribution is -0.152. The van der Waals surface area contributed by atoms with Crippen molar-refractivity contribution in [2.24, 2.45) is 5.92 Å². The number of hydrogen-bond donors (Lipinski definition) is 1. The highest BCUT2D eigenvalue weighted by molar-refractivity contribution is 6.42. The lowest BCUT2D eigenvalue weighted by Gasteiger charge is -2.32. The standard InChI is InChI=1S/C19H15Cl2N3O3/c1-2-27-18(26)15-16(10-7-8-11(20)12(21)9-10)24-14-6-4-3-5-13(14)22-19(24)23-17(15)25/h3-9,15-16H,2H2,1H3,(H,22,23,25). The summed E-state index contributed by atoms with van der Waals surface area (Å²) < 4.78 is 7.00. The Balaban J connectivity index is 1.97. The quantitative estimate of drug-likeness (QED) is 0.528. The molecular weight excluding hydrogens is 389 g/mol. The summed E-state index contributed by atoms with van der Waals surface area (Å²) in [7, 11) is 0. The molecule has 2 aromatic carbocycles. The fourth-order valence-electron chi connectivity index (χ4n) is 3.40. The molecule has 0 saturated heterocycles. The van der Waals surface area contributed by atoms with Gasteiger partial charge in [0.1, 0.15) is 0 Å². The minimum atomic E-state index is -1.08. The molecule has 2 unspecified atom stereocenters. The molecule has 0 radical (unpaired) electrons. The Kier molecular flexibility index (Phi) is 4.53. The number of amides is 1. The lowest BCUT2D eigenvalue weighted by atomic mass is 9.90. The van der Waals surface area contributed by atoms with Crippen LogP contribution in [-0.2, 0) is 14.3 Å². The summed E-state index contributed by atoms with van der Waals surface area (Å²) in [6.45, 7) is 1.87. The van der Waals surface area contributed by atoms with Gasteiger partial charge in [0.25, 0.3) is 0 Å². The van der Waals surface area contributed by atoms with Crippen LogP contribution in [0.3, 0.4) is 0 Å². The van der Waals surface area contributed by atoms with Gasteiger partial charge in [0, 0.05) is 0 Å². The average Bonchev–Trinajstić information content (AvgIpc) is 3.00. The Morgan fingerprint density at radius 3 is 2.74 bits per heavy atom. The van der Waals surface area contributed by atoms with Gasteiger partial charge in [0.05, 0.1) is 33.7 Å². The molecule has 1 amide bonds. The maximum atomic E-state index is 12.8. The van der Waals surface area contributed by atoms with Crippen LogP contribution >= 0.6 is 23.2 Å². The maximum Gasteiger partial charge on any atom is 0.321 e. The number of carbonyl (C=O) groups is 2. The van der Waals surface area contributed by atoms with E-state index in [2.05, 4.69) is 10.3 Å². The highest BCUT2D eigenvalue weighted by atomic mass is 35.5. The van der Waals surface area contributed by atoms with Crippen molar-refractivity contribution in [1.82, 2.24) is 9.55 Å². The average molecular weight is 404 g/mol. The van der Waals surface area contributed by atoms with Crippen LogP contribution in [0.2, 0.25) is 10.0 Å². The van der Waals surface area contributed by atoms with Crippen LogP contribution in [0, 0.1) is 5.92 Å². The molecule has 0 spiro atoms. The number of hydrogen-bond acceptors (Lipinski definition) is 4. The van der Waals surface area contributed by atoms with Crippen molar-refractivity contribution in [3.8, 4) is 0 Å². The van der Waals surface area contributed by atoms with Gasteiger partial charge in [-0.05, 0) is 36.8 Å². The first-order valence-corrected chi connectivity index (χ1v) is 9.16. The third kappa shape index (κ3) is 2.95. The van der Waals surface area contributed by atoms with Crippen molar-refractivity contribution in [3.05, 3.63) is 58.1 Å². The van der Waals surface area contributed by atoms with Gasteiger partial charge in [-0.2, -0.15) is 0 Å². The molecule has 2 heterocycles. The molecule has 2 atom stereocenters. The summed E-state index contributed by atoms with van der Waals surface area (Å²) in [6.07, 6.45) is 0. The third-order valence-electron chi connectivity index (χ3n) is 4.53. The maximum absolute atomic E-state index is 12.8. The molecule has 4 rings (SSSR count). The number of nitrogens with one attached hydrogen (secondary N) is 1. The topological polar surface area (TPSA) is 73.2 Å². The summed E-state index contributed by atoms with van der Waals surface area (Å²) in [6, 6.07) is 11.9. The van der Waals surface area contributed by atoms with Crippen molar-refractivity contribution in [3.63, 3.8) is 0 Å². The van der Waals surface area contributed by atoms with Crippen LogP contribution in [0.5, 0.6) is 0 Å². The number of anilines is 1. The number of para-hydroxylation sites is 2. The molecule has 8 heteroatoms. The van der Waals surface area contributed by atoms with Gasteiger partial charge in [0.2, 0.25) is 11.9 Å². The summed E-state index contributed by atoms with van der Waals surface area (Å²) in [5.74, 6) is -1.77. The summed E-state index contributed by atoms with van der Waals surface area (Å²) >= 11 is 12.3. The van der Waals surface area contributed by atoms with Gasteiger partial charge in [-0.15, -0.1) is 0 Å². The van der Waals surface area contributed by atoms with E-state index in [1.54, 1.807) is 25.1 Å². The normalized spacial score (nSPS) is 18.9. The molecule has 1 aliphatic rings. The number of fused-ring (bicyclic) bond motifs is 3. The zero-order valence-electron chi connectivity index (χ0n) is 14.3. The molecule has 0 aliphatic carbocycles. The number of carbonyl (C=O) groups excluding carboxylic acids is 2. The smallest absolute Gasteiger partial charge is 0.321 e. The number of esters is 1. The van der Waals surface area contributed by atoms with E-state index in [0.29, 0.717) is 27.1 Å². The minimum absolute atomic E-state index is 0.175. The molecule has 1 aliphatic heterocycles. The number of aromatic nitrogens is 2. The first-order valence-electron chi connectivity index (χ1n) is 8.40. The molecule has 3 aromatic rings. The van der Waals surface area contributed by atoms with Crippen LogP contribution in [0.25, 0.3) is 11.0 Å². The largest absolute Gasteiger partial charge is 0.465 e. The van der Waals surface area contributed by atoms with E-state index in [1.165, 1.54) is 0 Å². The molecule has 138 valence electrons. The van der Waals surface area contributed by atoms with Gasteiger partial charge in [-0.25, -0.2) is 4.98 Å². The Hall–Kier alpha value is -2.57. The van der Waals surface area contributed by atoms with Crippen LogP contribution in [-0.4, -0.2) is 28.0 Å². The van der Waals surface area contributed by atoms with Crippen molar-refractivity contribution in [2.45, 2.75) is 13.0 Å². The molecule has 6 nitrogen and oxygen atoms in total. The monoisotopic (exact) mass is 403 g/mol. The van der Waals surface area contributed by atoms with Gasteiger partial charge in [0.15, 0.2) is 5.92 Å². The summed E-state index contributed by atoms with van der Waals surface area (Å²) in [5.41, 5.74) is 2.17. The third-order valence-corrected chi connectivity index (χ3v) is 5.27. The highest BCUT2D eigenvalue weighted by Gasteiger charge is 2.44. The highest BCUT2D eigenvalue weighted by Crippen LogP contribution is 2.40. The van der Waals surface area contributed by atoms with Gasteiger partial charge in [-0.1, -0.05) is 41.4 Å². The van der Waals surface area contributed by atoms with Gasteiger partial charge >= 0.3 is 5.97 Å². The van der Waals surface area contributed by atoms with E-state index in [9.17, 15) is 9.59 Å². The van der Waals surface area contributed by atoms with Crippen LogP contribution < -0.4 is 5.32 Å². The van der Waals surface area contributed by atoms with Crippen molar-refractivity contribution in [2.75, 3.05) is 11.9 Å². The molecule has 0 bridgehead atoms. The first-order chi connectivity index (χ1) is 13.0. The first kappa shape index (κ1) is 17.8. The Morgan fingerprint density at radius 1 is 1.22 bits per heavy atom. The van der Waals surface area contributed by atoms with Crippen LogP contribution in [0.4, 0.5) is 5.95 Å². The Morgan fingerprint density at radius 2 is 2.00 bits per heavy atom. The SMILES string of the molecule is CCOC(=O)C1C(=O)Nc2nc3ccccc3n2C1c1ccc(Cl)c(Cl)c1. The second-order valence-electron chi connectivity index (χ2n) is 6.13. The second kappa shape index (κ2) is 6.87. The zero-order valence-corrected chi connectivity index (χ0v) is 15.8. The molecule has 0 saturated carbocycles. The lowest BCUT2D eigenvalue weighted by Crippen LogP contribution is -2.43. The predicted octanol–water partition coefficient (Wildman–Crippen LogP) is 4.06. The fraction of sp³-hybridized carbons (Fsp3) is 0.211. The van der Waals surface area contributed by atoms with E-state index in [4.69, 9.17) is 27.9 Å². The van der Waals surface area contributed by atoms with Crippen molar-refractivity contribution >= 4 is 52.1 Å². The number of rotatable bonds is 3. The zero-order chi connectivity index (χ0) is 19.1. The molecule has 27 heavy (non-hydrogen) atoms. The van der Waals surface area contributed by atoms with E-state index in [1.807, 2.05) is 28.8 Å².